The molecule has 0 amide bonds. The van der Waals surface area contributed by atoms with Gasteiger partial charge >= 0.3 is 13.8 Å². The zero-order chi connectivity index (χ0) is 43.4. The number of unbranched alkanes of at least 4 members (excludes halogenated alkanes) is 29. The van der Waals surface area contributed by atoms with Crippen LogP contribution in [0, 0.1) is 0 Å². The van der Waals surface area contributed by atoms with Crippen LogP contribution < -0.4 is 0 Å². The molecule has 2 unspecified atom stereocenters. The van der Waals surface area contributed by atoms with E-state index in [0.717, 1.165) is 32.1 Å². The largest absolute Gasteiger partial charge is 0.472 e. The number of carbonyl (C=O) groups is 1. The number of quaternary nitrogens is 1. The van der Waals surface area contributed by atoms with Crippen LogP contribution in [0.15, 0.2) is 24.3 Å². The molecule has 2 atom stereocenters. The van der Waals surface area contributed by atoms with E-state index in [9.17, 15) is 14.3 Å². The molecule has 0 aliphatic carbocycles. The minimum Gasteiger partial charge on any atom is -0.457 e. The monoisotopic (exact) mass is 857 g/mol. The Labute approximate surface area is 366 Å². The van der Waals surface area contributed by atoms with Crippen LogP contribution in [0.1, 0.15) is 232 Å². The molecule has 0 spiro atoms. The quantitative estimate of drug-likeness (QED) is 0.0214. The molecule has 0 heterocycles. The Morgan fingerprint density at radius 3 is 1.31 bits per heavy atom. The second kappa shape index (κ2) is 43.6. The molecule has 0 saturated heterocycles. The molecule has 9 heteroatoms. The molecule has 0 rings (SSSR count). The molecule has 0 bridgehead atoms. The summed E-state index contributed by atoms with van der Waals surface area (Å²) in [5, 5.41) is 0. The molecular weight excluding hydrogens is 758 g/mol. The maximum Gasteiger partial charge on any atom is 0.472 e. The van der Waals surface area contributed by atoms with E-state index < -0.39 is 13.9 Å². The molecule has 8 nitrogen and oxygen atoms in total. The van der Waals surface area contributed by atoms with Gasteiger partial charge in [0.25, 0.3) is 0 Å². The Morgan fingerprint density at radius 2 is 0.881 bits per heavy atom. The number of nitrogens with zero attached hydrogens (tertiary/aromatic N) is 1. The van der Waals surface area contributed by atoms with Gasteiger partial charge in [-0.05, 0) is 64.2 Å². The highest BCUT2D eigenvalue weighted by Gasteiger charge is 2.26. The molecule has 350 valence electrons. The highest BCUT2D eigenvalue weighted by molar-refractivity contribution is 7.47. The number of phosphoric acid groups is 1. The molecule has 0 aromatic carbocycles. The fourth-order valence-electron chi connectivity index (χ4n) is 7.07. The van der Waals surface area contributed by atoms with E-state index in [1.165, 1.54) is 180 Å². The summed E-state index contributed by atoms with van der Waals surface area (Å²) in [6, 6.07) is 0. The first-order chi connectivity index (χ1) is 28.6. The Balaban J connectivity index is 4.10. The number of esters is 1. The lowest BCUT2D eigenvalue weighted by atomic mass is 10.0. The van der Waals surface area contributed by atoms with Crippen LogP contribution in [0.5, 0.6) is 0 Å². The summed E-state index contributed by atoms with van der Waals surface area (Å²) in [6.45, 7) is 5.63. The maximum atomic E-state index is 12.7. The first-order valence-electron chi connectivity index (χ1n) is 25.1. The fourth-order valence-corrected chi connectivity index (χ4v) is 7.81. The predicted molar refractivity (Wildman–Crippen MR) is 252 cm³/mol. The van der Waals surface area contributed by atoms with E-state index in [4.69, 9.17) is 18.5 Å². The molecule has 0 aliphatic heterocycles. The third-order valence-electron chi connectivity index (χ3n) is 11.0. The standard InChI is InChI=1S/C50H98NO7P/c1-6-8-10-12-14-16-18-20-22-23-24-25-26-27-28-29-30-31-33-35-37-39-41-43-50(52)58-49(48-57-59(53,54)56-46-44-51(3,4)5)47-55-45-42-40-38-36-34-32-21-19-17-15-13-11-9-7-2/h17,19,23-24,49H,6-16,18,20-22,25-48H2,1-5H3/p+1/b19-17-,24-23-. The summed E-state index contributed by atoms with van der Waals surface area (Å²) in [5.41, 5.74) is 0. The van der Waals surface area contributed by atoms with Crippen LogP contribution in [0.3, 0.4) is 0 Å². The van der Waals surface area contributed by atoms with Gasteiger partial charge in [0.05, 0.1) is 34.4 Å². The lowest BCUT2D eigenvalue weighted by molar-refractivity contribution is -0.870. The molecule has 59 heavy (non-hydrogen) atoms. The molecule has 0 aliphatic rings. The van der Waals surface area contributed by atoms with E-state index in [-0.39, 0.29) is 25.8 Å². The molecule has 0 saturated carbocycles. The highest BCUT2D eigenvalue weighted by atomic mass is 31.2. The molecule has 1 N–H and O–H groups in total. The van der Waals surface area contributed by atoms with Crippen molar-refractivity contribution in [2.75, 3.05) is 54.1 Å². The van der Waals surface area contributed by atoms with Crippen molar-refractivity contribution in [3.8, 4) is 0 Å². The van der Waals surface area contributed by atoms with Crippen molar-refractivity contribution in [1.29, 1.82) is 0 Å². The molecular formula is C50H99NO7P+. The van der Waals surface area contributed by atoms with Crippen LogP contribution in [-0.2, 0) is 27.9 Å². The Kier molecular flexibility index (Phi) is 42.9. The average Bonchev–Trinajstić information content (AvgIpc) is 3.19. The van der Waals surface area contributed by atoms with Crippen LogP contribution in [-0.4, -0.2) is 75.6 Å². The van der Waals surface area contributed by atoms with E-state index in [0.29, 0.717) is 24.1 Å². The normalized spacial score (nSPS) is 13.8. The van der Waals surface area contributed by atoms with Crippen LogP contribution in [0.25, 0.3) is 0 Å². The topological polar surface area (TPSA) is 91.3 Å². The van der Waals surface area contributed by atoms with Crippen molar-refractivity contribution in [1.82, 2.24) is 0 Å². The Bertz CT molecular complexity index is 998. The third-order valence-corrected chi connectivity index (χ3v) is 12.0. The van der Waals surface area contributed by atoms with Crippen molar-refractivity contribution < 1.29 is 37.3 Å². The van der Waals surface area contributed by atoms with E-state index in [1.54, 1.807) is 0 Å². The lowest BCUT2D eigenvalue weighted by Gasteiger charge is -2.24. The number of ether oxygens (including phenoxy) is 2. The smallest absolute Gasteiger partial charge is 0.457 e. The maximum absolute atomic E-state index is 12.7. The number of phosphoric ester groups is 1. The number of allylic oxidation sites excluding steroid dienone is 4. The number of rotatable bonds is 47. The van der Waals surface area contributed by atoms with E-state index >= 15 is 0 Å². The second-order valence-corrected chi connectivity index (χ2v) is 19.6. The minimum atomic E-state index is -4.28. The number of carbonyl (C=O) groups excluding carboxylic acids is 1. The van der Waals surface area contributed by atoms with Gasteiger partial charge in [0.15, 0.2) is 0 Å². The Hall–Kier alpha value is -1.02. The van der Waals surface area contributed by atoms with Gasteiger partial charge in [0, 0.05) is 13.0 Å². The van der Waals surface area contributed by atoms with Gasteiger partial charge in [0.2, 0.25) is 0 Å². The lowest BCUT2D eigenvalue weighted by Crippen LogP contribution is -2.37. The van der Waals surface area contributed by atoms with Gasteiger partial charge in [-0.3, -0.25) is 13.8 Å². The average molecular weight is 857 g/mol. The second-order valence-electron chi connectivity index (χ2n) is 18.2. The van der Waals surface area contributed by atoms with E-state index in [2.05, 4.69) is 38.2 Å². The summed E-state index contributed by atoms with van der Waals surface area (Å²) in [5.74, 6) is -0.314. The summed E-state index contributed by atoms with van der Waals surface area (Å²) in [6.07, 6.45) is 50.8. The van der Waals surface area contributed by atoms with Crippen LogP contribution in [0.2, 0.25) is 0 Å². The number of hydrogen-bond acceptors (Lipinski definition) is 6. The van der Waals surface area contributed by atoms with Gasteiger partial charge in [-0.1, -0.05) is 186 Å². The zero-order valence-corrected chi connectivity index (χ0v) is 40.6. The molecule has 0 fully saturated rings. The zero-order valence-electron chi connectivity index (χ0n) is 39.8. The first kappa shape index (κ1) is 58.0. The van der Waals surface area contributed by atoms with Gasteiger partial charge in [0.1, 0.15) is 19.3 Å². The third kappa shape index (κ3) is 47.9. The molecule has 0 aromatic heterocycles. The SMILES string of the molecule is CCCCCC/C=C\CCCCCCCCOCC(COP(=O)(O)OCC[N+](C)(C)C)OC(=O)CCCCCCCCCCCCC/C=C\CCCCCCCCCC. The Morgan fingerprint density at radius 1 is 0.508 bits per heavy atom. The molecule has 0 aromatic rings. The van der Waals surface area contributed by atoms with Crippen molar-refractivity contribution >= 4 is 13.8 Å². The molecule has 0 radical (unpaired) electrons. The van der Waals surface area contributed by atoms with E-state index in [1.807, 2.05) is 21.1 Å². The van der Waals surface area contributed by atoms with Gasteiger partial charge in [-0.15, -0.1) is 0 Å². The van der Waals surface area contributed by atoms with Crippen LogP contribution in [0.4, 0.5) is 0 Å². The van der Waals surface area contributed by atoms with Crippen molar-refractivity contribution in [3.05, 3.63) is 24.3 Å². The minimum absolute atomic E-state index is 0.0889. The summed E-state index contributed by atoms with van der Waals surface area (Å²) in [7, 11) is 1.67. The highest BCUT2D eigenvalue weighted by Crippen LogP contribution is 2.43. The van der Waals surface area contributed by atoms with Crippen molar-refractivity contribution in [2.24, 2.45) is 0 Å². The van der Waals surface area contributed by atoms with Crippen LogP contribution >= 0.6 is 7.82 Å². The van der Waals surface area contributed by atoms with Gasteiger partial charge in [-0.25, -0.2) is 4.57 Å². The first-order valence-corrected chi connectivity index (χ1v) is 26.6. The summed E-state index contributed by atoms with van der Waals surface area (Å²) >= 11 is 0. The fraction of sp³-hybridized carbons (Fsp3) is 0.900. The predicted octanol–water partition coefficient (Wildman–Crippen LogP) is 15.2. The van der Waals surface area contributed by atoms with Gasteiger partial charge in [-0.2, -0.15) is 0 Å². The van der Waals surface area contributed by atoms with Crippen molar-refractivity contribution in [2.45, 2.75) is 238 Å². The number of hydrogen-bond donors (Lipinski definition) is 1. The summed E-state index contributed by atoms with van der Waals surface area (Å²) in [4.78, 5) is 23.0. The van der Waals surface area contributed by atoms with Gasteiger partial charge < -0.3 is 18.9 Å². The summed E-state index contributed by atoms with van der Waals surface area (Å²) < 4.78 is 35.1. The van der Waals surface area contributed by atoms with Crippen molar-refractivity contribution in [3.63, 3.8) is 0 Å². The number of likely N-dealkylation sites (N-methyl/N-ethyl adjacent to an activating group) is 1.